The number of pyridine rings is 1. The molecule has 0 aliphatic heterocycles. The van der Waals surface area contributed by atoms with Crippen LogP contribution in [0.2, 0.25) is 0 Å². The highest BCUT2D eigenvalue weighted by Gasteiger charge is 2.20. The number of anilines is 1. The molecule has 96 valence electrons. The molecule has 1 aromatic heterocycles. The van der Waals surface area contributed by atoms with Crippen LogP contribution in [-0.2, 0) is 12.8 Å². The maximum absolute atomic E-state index is 5.60. The van der Waals surface area contributed by atoms with Gasteiger partial charge in [-0.1, -0.05) is 36.5 Å². The van der Waals surface area contributed by atoms with Crippen molar-refractivity contribution in [3.8, 4) is 0 Å². The van der Waals surface area contributed by atoms with Crippen molar-refractivity contribution < 1.29 is 0 Å². The number of thiocarbonyl (C=S) groups is 1. The van der Waals surface area contributed by atoms with Crippen molar-refractivity contribution in [1.29, 1.82) is 0 Å². The number of benzene rings is 1. The van der Waals surface area contributed by atoms with Gasteiger partial charge in [-0.3, -0.25) is 4.98 Å². The van der Waals surface area contributed by atoms with E-state index in [1.54, 1.807) is 6.20 Å². The van der Waals surface area contributed by atoms with Gasteiger partial charge >= 0.3 is 0 Å². The summed E-state index contributed by atoms with van der Waals surface area (Å²) < 4.78 is 0. The zero-order valence-corrected chi connectivity index (χ0v) is 11.3. The molecular weight excluding hydrogens is 254 g/mol. The van der Waals surface area contributed by atoms with Gasteiger partial charge in [-0.05, 0) is 36.1 Å². The molecular formula is C15H15N3S. The van der Waals surface area contributed by atoms with Crippen molar-refractivity contribution in [2.75, 3.05) is 5.32 Å². The fraction of sp³-hybridized carbons (Fsp3) is 0.200. The Morgan fingerprint density at radius 2 is 1.89 bits per heavy atom. The van der Waals surface area contributed by atoms with Gasteiger partial charge in [-0.2, -0.15) is 0 Å². The first kappa shape index (κ1) is 12.1. The zero-order valence-electron chi connectivity index (χ0n) is 10.5. The molecule has 2 aromatic rings. The molecule has 3 rings (SSSR count). The van der Waals surface area contributed by atoms with Crippen molar-refractivity contribution >= 4 is 22.9 Å². The van der Waals surface area contributed by atoms with Gasteiger partial charge in [0.2, 0.25) is 0 Å². The topological polar surface area (TPSA) is 50.9 Å². The van der Waals surface area contributed by atoms with E-state index < -0.39 is 0 Å². The van der Waals surface area contributed by atoms with E-state index in [4.69, 9.17) is 18.0 Å². The molecule has 3 N–H and O–H groups in total. The largest absolute Gasteiger partial charge is 0.388 e. The highest BCUT2D eigenvalue weighted by atomic mass is 32.1. The number of aromatic nitrogens is 1. The van der Waals surface area contributed by atoms with Crippen molar-refractivity contribution in [1.82, 2.24) is 4.98 Å². The van der Waals surface area contributed by atoms with Crippen molar-refractivity contribution in [2.24, 2.45) is 5.73 Å². The summed E-state index contributed by atoms with van der Waals surface area (Å²) in [5, 5.41) is 3.53. The maximum atomic E-state index is 5.60. The van der Waals surface area contributed by atoms with Crippen LogP contribution in [0.25, 0.3) is 0 Å². The lowest BCUT2D eigenvalue weighted by Crippen LogP contribution is -2.20. The lowest BCUT2D eigenvalue weighted by molar-refractivity contribution is 0.774. The first-order valence-electron chi connectivity index (χ1n) is 6.31. The summed E-state index contributed by atoms with van der Waals surface area (Å²) in [6, 6.07) is 12.9. The van der Waals surface area contributed by atoms with Crippen LogP contribution in [0.4, 0.5) is 5.69 Å². The van der Waals surface area contributed by atoms with E-state index in [-0.39, 0.29) is 0 Å². The van der Waals surface area contributed by atoms with Crippen LogP contribution < -0.4 is 11.1 Å². The Hall–Kier alpha value is -1.94. The molecule has 19 heavy (non-hydrogen) atoms. The third-order valence-corrected chi connectivity index (χ3v) is 3.64. The van der Waals surface area contributed by atoms with E-state index in [1.807, 2.05) is 12.1 Å². The predicted octanol–water partition coefficient (Wildman–Crippen LogP) is 2.30. The fourth-order valence-corrected chi connectivity index (χ4v) is 2.66. The summed E-state index contributed by atoms with van der Waals surface area (Å²) in [7, 11) is 0. The van der Waals surface area contributed by atoms with E-state index in [0.717, 1.165) is 18.5 Å². The average molecular weight is 269 g/mol. The highest BCUT2D eigenvalue weighted by molar-refractivity contribution is 7.80. The minimum absolute atomic E-state index is 0.332. The molecule has 0 spiro atoms. The average Bonchev–Trinajstić information content (AvgIpc) is 2.81. The zero-order chi connectivity index (χ0) is 13.2. The number of fused-ring (bicyclic) bond motifs is 1. The Balaban J connectivity index is 1.74. The standard InChI is InChI=1S/C15H15N3S/c16-15(19)14-9-12(5-6-17-14)18-13-7-10-3-1-2-4-11(10)8-13/h1-6,9,13H,7-8H2,(H2,16,19)(H,17,18). The quantitative estimate of drug-likeness (QED) is 0.840. The van der Waals surface area contributed by atoms with Crippen molar-refractivity contribution in [3.63, 3.8) is 0 Å². The lowest BCUT2D eigenvalue weighted by atomic mass is 10.1. The summed E-state index contributed by atoms with van der Waals surface area (Å²) >= 11 is 4.95. The van der Waals surface area contributed by atoms with Gasteiger partial charge < -0.3 is 11.1 Å². The van der Waals surface area contributed by atoms with E-state index in [9.17, 15) is 0 Å². The summed E-state index contributed by atoms with van der Waals surface area (Å²) in [6.45, 7) is 0. The minimum atomic E-state index is 0.332. The first-order chi connectivity index (χ1) is 9.22. The molecule has 1 aliphatic carbocycles. The molecule has 0 atom stereocenters. The predicted molar refractivity (Wildman–Crippen MR) is 81.4 cm³/mol. The Morgan fingerprint density at radius 3 is 2.53 bits per heavy atom. The van der Waals surface area contributed by atoms with Crippen LogP contribution in [0.3, 0.4) is 0 Å². The van der Waals surface area contributed by atoms with Crippen molar-refractivity contribution in [2.45, 2.75) is 18.9 Å². The van der Waals surface area contributed by atoms with Gasteiger partial charge in [0.25, 0.3) is 0 Å². The molecule has 1 heterocycles. The second-order valence-corrected chi connectivity index (χ2v) is 5.25. The third kappa shape index (κ3) is 2.58. The second kappa shape index (κ2) is 4.97. The van der Waals surface area contributed by atoms with E-state index in [0.29, 0.717) is 16.7 Å². The molecule has 0 bridgehead atoms. The van der Waals surface area contributed by atoms with Gasteiger partial charge in [0, 0.05) is 17.9 Å². The van der Waals surface area contributed by atoms with Gasteiger partial charge in [0.15, 0.2) is 0 Å². The van der Waals surface area contributed by atoms with Gasteiger partial charge in [0.05, 0.1) is 5.69 Å². The monoisotopic (exact) mass is 269 g/mol. The molecule has 0 saturated heterocycles. The summed E-state index contributed by atoms with van der Waals surface area (Å²) in [5.41, 5.74) is 10.2. The number of rotatable bonds is 3. The number of nitrogens with one attached hydrogen (secondary N) is 1. The van der Waals surface area contributed by atoms with Crippen LogP contribution in [-0.4, -0.2) is 16.0 Å². The first-order valence-corrected chi connectivity index (χ1v) is 6.72. The Morgan fingerprint density at radius 1 is 1.21 bits per heavy atom. The second-order valence-electron chi connectivity index (χ2n) is 4.81. The van der Waals surface area contributed by atoms with Crippen LogP contribution in [0.5, 0.6) is 0 Å². The summed E-state index contributed by atoms with van der Waals surface area (Å²) in [6.07, 6.45) is 3.85. The Labute approximate surface area is 117 Å². The Bertz CT molecular complexity index is 599. The normalized spacial score (nSPS) is 14.1. The van der Waals surface area contributed by atoms with Gasteiger partial charge in [-0.15, -0.1) is 0 Å². The van der Waals surface area contributed by atoms with E-state index in [2.05, 4.69) is 34.6 Å². The van der Waals surface area contributed by atoms with E-state index >= 15 is 0 Å². The van der Waals surface area contributed by atoms with Crippen LogP contribution >= 0.6 is 12.2 Å². The fourth-order valence-electron chi connectivity index (χ4n) is 2.55. The van der Waals surface area contributed by atoms with Crippen LogP contribution in [0, 0.1) is 0 Å². The summed E-state index contributed by atoms with van der Waals surface area (Å²) in [4.78, 5) is 4.48. The Kier molecular flexibility index (Phi) is 3.17. The van der Waals surface area contributed by atoms with Crippen LogP contribution in [0.1, 0.15) is 16.8 Å². The smallest absolute Gasteiger partial charge is 0.122 e. The molecule has 0 saturated carbocycles. The maximum Gasteiger partial charge on any atom is 0.122 e. The number of nitrogens with two attached hydrogens (primary N) is 1. The molecule has 0 radical (unpaired) electrons. The molecule has 0 unspecified atom stereocenters. The number of hydrogen-bond acceptors (Lipinski definition) is 3. The molecule has 0 amide bonds. The minimum Gasteiger partial charge on any atom is -0.388 e. The number of hydrogen-bond donors (Lipinski definition) is 2. The molecule has 3 nitrogen and oxygen atoms in total. The van der Waals surface area contributed by atoms with Crippen molar-refractivity contribution in [3.05, 3.63) is 59.4 Å². The molecule has 0 fully saturated rings. The third-order valence-electron chi connectivity index (χ3n) is 3.43. The number of nitrogens with zero attached hydrogens (tertiary/aromatic N) is 1. The van der Waals surface area contributed by atoms with Gasteiger partial charge in [0.1, 0.15) is 4.99 Å². The van der Waals surface area contributed by atoms with E-state index in [1.165, 1.54) is 11.1 Å². The molecule has 1 aliphatic rings. The molecule has 1 aromatic carbocycles. The lowest BCUT2D eigenvalue weighted by Gasteiger charge is -2.14. The highest BCUT2D eigenvalue weighted by Crippen LogP contribution is 2.24. The van der Waals surface area contributed by atoms with Gasteiger partial charge in [-0.25, -0.2) is 0 Å². The van der Waals surface area contributed by atoms with Crippen LogP contribution in [0.15, 0.2) is 42.6 Å². The molecule has 4 heteroatoms. The SMILES string of the molecule is NC(=S)c1cc(NC2Cc3ccccc3C2)ccn1. The summed E-state index contributed by atoms with van der Waals surface area (Å²) in [5.74, 6) is 0.